The second-order valence-corrected chi connectivity index (χ2v) is 7.06. The first-order chi connectivity index (χ1) is 9.42. The van der Waals surface area contributed by atoms with Gasteiger partial charge >= 0.3 is 0 Å². The lowest BCUT2D eigenvalue weighted by Gasteiger charge is -2.08. The summed E-state index contributed by atoms with van der Waals surface area (Å²) in [5.74, 6) is -0.779. The Morgan fingerprint density at radius 1 is 1.40 bits per heavy atom. The fraction of sp³-hybridized carbons (Fsp3) is 0.250. The van der Waals surface area contributed by atoms with Gasteiger partial charge in [0.1, 0.15) is 10.7 Å². The Balaban J connectivity index is 2.29. The Bertz CT molecular complexity index is 713. The lowest BCUT2D eigenvalue weighted by molar-refractivity contribution is 0.568. The number of nitrogens with one attached hydrogen (secondary N) is 2. The SMILES string of the molecule is CNCc1ccc(S(=O)(=O)Nc2ncc(C)s2)c(F)c1. The summed E-state index contributed by atoms with van der Waals surface area (Å²) in [5, 5.41) is 3.10. The van der Waals surface area contributed by atoms with Crippen molar-refractivity contribution in [2.45, 2.75) is 18.4 Å². The fourth-order valence-electron chi connectivity index (χ4n) is 1.65. The van der Waals surface area contributed by atoms with Crippen molar-refractivity contribution >= 4 is 26.5 Å². The number of aromatic nitrogens is 1. The van der Waals surface area contributed by atoms with Crippen LogP contribution in [0.15, 0.2) is 29.3 Å². The lowest BCUT2D eigenvalue weighted by Crippen LogP contribution is -2.15. The molecule has 8 heteroatoms. The monoisotopic (exact) mass is 315 g/mol. The minimum atomic E-state index is -3.96. The largest absolute Gasteiger partial charge is 0.316 e. The van der Waals surface area contributed by atoms with Gasteiger partial charge in [0.25, 0.3) is 10.0 Å². The number of thiazole rings is 1. The first kappa shape index (κ1) is 14.9. The number of hydrogen-bond acceptors (Lipinski definition) is 5. The molecule has 0 bridgehead atoms. The van der Waals surface area contributed by atoms with Crippen LogP contribution in [0.25, 0.3) is 0 Å². The van der Waals surface area contributed by atoms with E-state index in [9.17, 15) is 12.8 Å². The van der Waals surface area contributed by atoms with E-state index >= 15 is 0 Å². The quantitative estimate of drug-likeness (QED) is 0.886. The van der Waals surface area contributed by atoms with Gasteiger partial charge in [0.05, 0.1) is 0 Å². The highest BCUT2D eigenvalue weighted by molar-refractivity contribution is 7.93. The van der Waals surface area contributed by atoms with Crippen LogP contribution in [0.5, 0.6) is 0 Å². The van der Waals surface area contributed by atoms with Gasteiger partial charge < -0.3 is 5.32 Å². The Morgan fingerprint density at radius 3 is 2.70 bits per heavy atom. The molecule has 2 aromatic rings. The molecule has 0 aliphatic carbocycles. The summed E-state index contributed by atoms with van der Waals surface area (Å²) in [5.41, 5.74) is 0.675. The van der Waals surface area contributed by atoms with E-state index in [2.05, 4.69) is 15.0 Å². The zero-order valence-corrected chi connectivity index (χ0v) is 12.6. The molecule has 0 radical (unpaired) electrons. The van der Waals surface area contributed by atoms with Crippen LogP contribution < -0.4 is 10.0 Å². The van der Waals surface area contributed by atoms with Gasteiger partial charge in [-0.15, -0.1) is 11.3 Å². The van der Waals surface area contributed by atoms with E-state index < -0.39 is 15.8 Å². The summed E-state index contributed by atoms with van der Waals surface area (Å²) in [6.45, 7) is 2.28. The summed E-state index contributed by atoms with van der Waals surface area (Å²) in [6, 6.07) is 4.03. The molecule has 0 spiro atoms. The highest BCUT2D eigenvalue weighted by Crippen LogP contribution is 2.23. The van der Waals surface area contributed by atoms with Gasteiger partial charge in [-0.3, -0.25) is 4.72 Å². The van der Waals surface area contributed by atoms with Crippen molar-refractivity contribution in [3.63, 3.8) is 0 Å². The van der Waals surface area contributed by atoms with E-state index in [1.165, 1.54) is 23.5 Å². The van der Waals surface area contributed by atoms with Gasteiger partial charge in [0, 0.05) is 17.6 Å². The second-order valence-electron chi connectivity index (χ2n) is 4.18. The van der Waals surface area contributed by atoms with Crippen LogP contribution in [0.3, 0.4) is 0 Å². The minimum Gasteiger partial charge on any atom is -0.316 e. The molecule has 0 unspecified atom stereocenters. The molecule has 2 rings (SSSR count). The number of sulfonamides is 1. The maximum absolute atomic E-state index is 13.9. The van der Waals surface area contributed by atoms with Crippen molar-refractivity contribution in [1.29, 1.82) is 0 Å². The van der Waals surface area contributed by atoms with Crippen LogP contribution in [0.2, 0.25) is 0 Å². The van der Waals surface area contributed by atoms with Crippen LogP contribution in [-0.2, 0) is 16.6 Å². The van der Waals surface area contributed by atoms with Crippen LogP contribution in [0.4, 0.5) is 9.52 Å². The predicted molar refractivity (Wildman–Crippen MR) is 76.8 cm³/mol. The summed E-state index contributed by atoms with van der Waals surface area (Å²) < 4.78 is 40.4. The predicted octanol–water partition coefficient (Wildman–Crippen LogP) is 2.11. The third-order valence-corrected chi connectivity index (χ3v) is 4.84. The molecule has 0 saturated heterocycles. The molecular weight excluding hydrogens is 301 g/mol. The average molecular weight is 315 g/mol. The molecule has 0 atom stereocenters. The molecule has 0 aliphatic heterocycles. The highest BCUT2D eigenvalue weighted by atomic mass is 32.2. The van der Waals surface area contributed by atoms with Gasteiger partial charge in [-0.25, -0.2) is 17.8 Å². The Kier molecular flexibility index (Phi) is 4.36. The summed E-state index contributed by atoms with van der Waals surface area (Å²) >= 11 is 1.19. The first-order valence-electron chi connectivity index (χ1n) is 5.80. The average Bonchev–Trinajstić information content (AvgIpc) is 2.74. The molecule has 0 fully saturated rings. The molecule has 1 aromatic heterocycles. The molecule has 0 amide bonds. The van der Waals surface area contributed by atoms with E-state index in [1.807, 2.05) is 6.92 Å². The van der Waals surface area contributed by atoms with Gasteiger partial charge in [0.15, 0.2) is 5.13 Å². The van der Waals surface area contributed by atoms with E-state index in [1.54, 1.807) is 19.3 Å². The number of halogens is 1. The maximum atomic E-state index is 13.9. The van der Waals surface area contributed by atoms with E-state index in [-0.39, 0.29) is 10.0 Å². The number of rotatable bonds is 5. The smallest absolute Gasteiger partial charge is 0.266 e. The van der Waals surface area contributed by atoms with E-state index in [4.69, 9.17) is 0 Å². The van der Waals surface area contributed by atoms with Gasteiger partial charge in [-0.2, -0.15) is 0 Å². The van der Waals surface area contributed by atoms with Crippen molar-refractivity contribution < 1.29 is 12.8 Å². The Morgan fingerprint density at radius 2 is 2.15 bits per heavy atom. The normalized spacial score (nSPS) is 11.6. The van der Waals surface area contributed by atoms with Gasteiger partial charge in [-0.1, -0.05) is 6.07 Å². The standard InChI is InChI=1S/C12H14FN3O2S2/c1-8-6-15-12(19-8)16-20(17,18)11-4-3-9(7-14-2)5-10(11)13/h3-6,14H,7H2,1-2H3,(H,15,16). The second kappa shape index (κ2) is 5.86. The fourth-order valence-corrected chi connectivity index (χ4v) is 3.62. The molecule has 0 aliphatic rings. The van der Waals surface area contributed by atoms with Crippen molar-refractivity contribution in [2.24, 2.45) is 0 Å². The maximum Gasteiger partial charge on any atom is 0.266 e. The molecular formula is C12H14FN3O2S2. The zero-order chi connectivity index (χ0) is 14.8. The Hall–Kier alpha value is -1.51. The Labute approximate surface area is 120 Å². The van der Waals surface area contributed by atoms with Crippen molar-refractivity contribution in [2.75, 3.05) is 11.8 Å². The van der Waals surface area contributed by atoms with Gasteiger partial charge in [-0.05, 0) is 31.7 Å². The highest BCUT2D eigenvalue weighted by Gasteiger charge is 2.20. The molecule has 0 saturated carbocycles. The van der Waals surface area contributed by atoms with Crippen molar-refractivity contribution in [1.82, 2.24) is 10.3 Å². The topological polar surface area (TPSA) is 71.1 Å². The lowest BCUT2D eigenvalue weighted by atomic mass is 10.2. The zero-order valence-electron chi connectivity index (χ0n) is 11.0. The first-order valence-corrected chi connectivity index (χ1v) is 8.10. The third-order valence-electron chi connectivity index (χ3n) is 2.51. The number of benzene rings is 1. The molecule has 20 heavy (non-hydrogen) atoms. The number of aryl methyl sites for hydroxylation is 1. The van der Waals surface area contributed by atoms with Crippen LogP contribution in [-0.4, -0.2) is 20.4 Å². The molecule has 2 N–H and O–H groups in total. The summed E-state index contributed by atoms with van der Waals surface area (Å²) in [4.78, 5) is 4.38. The molecule has 1 aromatic carbocycles. The molecule has 1 heterocycles. The number of nitrogens with zero attached hydrogens (tertiary/aromatic N) is 1. The van der Waals surface area contributed by atoms with Crippen LogP contribution in [0.1, 0.15) is 10.4 Å². The number of anilines is 1. The van der Waals surface area contributed by atoms with E-state index in [0.29, 0.717) is 12.1 Å². The van der Waals surface area contributed by atoms with Crippen molar-refractivity contribution in [3.8, 4) is 0 Å². The summed E-state index contributed by atoms with van der Waals surface area (Å²) in [6.07, 6.45) is 1.55. The number of hydrogen-bond donors (Lipinski definition) is 2. The minimum absolute atomic E-state index is 0.223. The van der Waals surface area contributed by atoms with Crippen LogP contribution >= 0.6 is 11.3 Å². The van der Waals surface area contributed by atoms with Crippen LogP contribution in [0, 0.1) is 12.7 Å². The molecule has 108 valence electrons. The molecule has 5 nitrogen and oxygen atoms in total. The van der Waals surface area contributed by atoms with E-state index in [0.717, 1.165) is 4.88 Å². The van der Waals surface area contributed by atoms with Crippen molar-refractivity contribution in [3.05, 3.63) is 40.7 Å². The van der Waals surface area contributed by atoms with Gasteiger partial charge in [0.2, 0.25) is 0 Å². The summed E-state index contributed by atoms with van der Waals surface area (Å²) in [7, 11) is -2.23. The third kappa shape index (κ3) is 3.33.